The fraction of sp³-hybridized carbons (Fsp3) is 0.562. The van der Waals surface area contributed by atoms with E-state index in [2.05, 4.69) is 18.7 Å². The van der Waals surface area contributed by atoms with Gasteiger partial charge in [0.2, 0.25) is 0 Å². The number of rotatable bonds is 8. The average Bonchev–Trinajstić information content (AvgIpc) is 2.39. The summed E-state index contributed by atoms with van der Waals surface area (Å²) in [5.41, 5.74) is 1.05. The standard InChI is InChI=1S/C16H24FNO/c1-4-6-10-18(11-7-5-2)16-9-8-14(13(3)19)12-15(16)17/h8-9,12H,4-7,10-11H2,1-3H3. The summed E-state index contributed by atoms with van der Waals surface area (Å²) in [6, 6.07) is 4.80. The normalized spacial score (nSPS) is 10.5. The van der Waals surface area contributed by atoms with Crippen LogP contribution in [0.5, 0.6) is 0 Å². The van der Waals surface area contributed by atoms with E-state index in [-0.39, 0.29) is 11.6 Å². The van der Waals surface area contributed by atoms with Gasteiger partial charge in [-0.3, -0.25) is 4.79 Å². The van der Waals surface area contributed by atoms with Crippen molar-refractivity contribution in [3.8, 4) is 0 Å². The zero-order valence-electron chi connectivity index (χ0n) is 12.2. The van der Waals surface area contributed by atoms with Crippen LogP contribution >= 0.6 is 0 Å². The summed E-state index contributed by atoms with van der Waals surface area (Å²) in [6.45, 7) is 7.46. The maximum Gasteiger partial charge on any atom is 0.159 e. The van der Waals surface area contributed by atoms with Gasteiger partial charge in [-0.2, -0.15) is 0 Å². The van der Waals surface area contributed by atoms with Gasteiger partial charge in [0, 0.05) is 18.7 Å². The number of unbranched alkanes of at least 4 members (excludes halogenated alkanes) is 2. The van der Waals surface area contributed by atoms with Crippen LogP contribution in [0, 0.1) is 5.82 Å². The fourth-order valence-electron chi connectivity index (χ4n) is 2.03. The Morgan fingerprint density at radius 1 is 1.16 bits per heavy atom. The van der Waals surface area contributed by atoms with E-state index >= 15 is 0 Å². The molecule has 1 aromatic rings. The van der Waals surface area contributed by atoms with Gasteiger partial charge >= 0.3 is 0 Å². The number of nitrogens with zero attached hydrogens (tertiary/aromatic N) is 1. The maximum atomic E-state index is 14.1. The SMILES string of the molecule is CCCCN(CCCC)c1ccc(C(C)=O)cc1F. The Labute approximate surface area is 115 Å². The van der Waals surface area contributed by atoms with Gasteiger partial charge in [0.1, 0.15) is 5.82 Å². The maximum absolute atomic E-state index is 14.1. The van der Waals surface area contributed by atoms with Crippen molar-refractivity contribution in [1.29, 1.82) is 0 Å². The molecular formula is C16H24FNO. The van der Waals surface area contributed by atoms with E-state index in [4.69, 9.17) is 0 Å². The highest BCUT2D eigenvalue weighted by atomic mass is 19.1. The lowest BCUT2D eigenvalue weighted by Crippen LogP contribution is -2.26. The number of benzene rings is 1. The van der Waals surface area contributed by atoms with Gasteiger partial charge in [0.15, 0.2) is 5.78 Å². The molecule has 0 spiro atoms. The Morgan fingerprint density at radius 2 is 1.74 bits per heavy atom. The molecule has 2 nitrogen and oxygen atoms in total. The van der Waals surface area contributed by atoms with Crippen molar-refractivity contribution in [2.24, 2.45) is 0 Å². The topological polar surface area (TPSA) is 20.3 Å². The third-order valence-corrected chi connectivity index (χ3v) is 3.26. The molecule has 106 valence electrons. The predicted molar refractivity (Wildman–Crippen MR) is 78.4 cm³/mol. The van der Waals surface area contributed by atoms with Crippen LogP contribution in [0.2, 0.25) is 0 Å². The average molecular weight is 265 g/mol. The minimum Gasteiger partial charge on any atom is -0.369 e. The zero-order chi connectivity index (χ0) is 14.3. The molecule has 1 rings (SSSR count). The van der Waals surface area contributed by atoms with Gasteiger partial charge in [-0.15, -0.1) is 0 Å². The Balaban J connectivity index is 2.90. The first-order valence-corrected chi connectivity index (χ1v) is 7.15. The molecule has 0 fully saturated rings. The number of carbonyl (C=O) groups is 1. The Morgan fingerprint density at radius 3 is 2.16 bits per heavy atom. The van der Waals surface area contributed by atoms with Crippen molar-refractivity contribution in [2.75, 3.05) is 18.0 Å². The van der Waals surface area contributed by atoms with Gasteiger partial charge in [-0.1, -0.05) is 26.7 Å². The number of carbonyl (C=O) groups excluding carboxylic acids is 1. The van der Waals surface area contributed by atoms with Crippen LogP contribution in [0.1, 0.15) is 56.8 Å². The summed E-state index contributed by atoms with van der Waals surface area (Å²) >= 11 is 0. The van der Waals surface area contributed by atoms with Crippen LogP contribution < -0.4 is 4.90 Å². The summed E-state index contributed by atoms with van der Waals surface area (Å²) in [5.74, 6) is -0.390. The van der Waals surface area contributed by atoms with Gasteiger partial charge < -0.3 is 4.90 Å². The Hall–Kier alpha value is -1.38. The quantitative estimate of drug-likeness (QED) is 0.648. The third kappa shape index (κ3) is 4.66. The molecule has 0 aliphatic heterocycles. The van der Waals surface area contributed by atoms with Gasteiger partial charge in [-0.05, 0) is 38.0 Å². The molecule has 0 aromatic heterocycles. The molecule has 0 saturated heterocycles. The lowest BCUT2D eigenvalue weighted by Gasteiger charge is -2.25. The third-order valence-electron chi connectivity index (χ3n) is 3.26. The smallest absolute Gasteiger partial charge is 0.159 e. The molecule has 0 N–H and O–H groups in total. The molecule has 0 saturated carbocycles. The summed E-state index contributed by atoms with van der Waals surface area (Å²) < 4.78 is 14.1. The first-order valence-electron chi connectivity index (χ1n) is 7.15. The molecule has 0 aliphatic rings. The second-order valence-electron chi connectivity index (χ2n) is 4.92. The summed E-state index contributed by atoms with van der Waals surface area (Å²) in [4.78, 5) is 13.3. The van der Waals surface area contributed by atoms with E-state index in [1.165, 1.54) is 13.0 Å². The van der Waals surface area contributed by atoms with Crippen LogP contribution in [0.25, 0.3) is 0 Å². The first-order chi connectivity index (χ1) is 9.10. The van der Waals surface area contributed by atoms with Gasteiger partial charge in [0.05, 0.1) is 5.69 Å². The fourth-order valence-corrected chi connectivity index (χ4v) is 2.03. The van der Waals surface area contributed by atoms with Crippen molar-refractivity contribution in [1.82, 2.24) is 0 Å². The minimum absolute atomic E-state index is 0.0980. The monoisotopic (exact) mass is 265 g/mol. The number of halogens is 1. The van der Waals surface area contributed by atoms with E-state index in [0.717, 1.165) is 38.8 Å². The van der Waals surface area contributed by atoms with Gasteiger partial charge in [0.25, 0.3) is 0 Å². The van der Waals surface area contributed by atoms with Crippen molar-refractivity contribution < 1.29 is 9.18 Å². The molecule has 1 aromatic carbocycles. The zero-order valence-corrected chi connectivity index (χ0v) is 12.2. The predicted octanol–water partition coefficient (Wildman–Crippen LogP) is 4.43. The molecule has 0 bridgehead atoms. The second kappa shape index (κ2) is 7.93. The van der Waals surface area contributed by atoms with E-state index in [9.17, 15) is 9.18 Å². The largest absolute Gasteiger partial charge is 0.369 e. The van der Waals surface area contributed by atoms with E-state index in [1.807, 2.05) is 0 Å². The lowest BCUT2D eigenvalue weighted by atomic mass is 10.1. The molecule has 19 heavy (non-hydrogen) atoms. The molecule has 0 atom stereocenters. The molecular weight excluding hydrogens is 241 g/mol. The highest BCUT2D eigenvalue weighted by Gasteiger charge is 2.12. The van der Waals surface area contributed by atoms with Crippen LogP contribution in [0.15, 0.2) is 18.2 Å². The lowest BCUT2D eigenvalue weighted by molar-refractivity contribution is 0.101. The van der Waals surface area contributed by atoms with E-state index in [1.54, 1.807) is 12.1 Å². The summed E-state index contributed by atoms with van der Waals surface area (Å²) in [6.07, 6.45) is 4.29. The molecule has 0 radical (unpaired) electrons. The number of hydrogen-bond donors (Lipinski definition) is 0. The van der Waals surface area contributed by atoms with Gasteiger partial charge in [-0.25, -0.2) is 4.39 Å². The Kier molecular flexibility index (Phi) is 6.54. The van der Waals surface area contributed by atoms with Crippen molar-refractivity contribution in [3.05, 3.63) is 29.6 Å². The van der Waals surface area contributed by atoms with Crippen molar-refractivity contribution in [3.63, 3.8) is 0 Å². The van der Waals surface area contributed by atoms with Crippen LogP contribution in [-0.2, 0) is 0 Å². The highest BCUT2D eigenvalue weighted by Crippen LogP contribution is 2.22. The molecule has 0 amide bonds. The van der Waals surface area contributed by atoms with Crippen LogP contribution in [0.4, 0.5) is 10.1 Å². The summed E-state index contributed by atoms with van der Waals surface area (Å²) in [7, 11) is 0. The number of ketones is 1. The summed E-state index contributed by atoms with van der Waals surface area (Å²) in [5, 5.41) is 0. The minimum atomic E-state index is -0.292. The second-order valence-corrected chi connectivity index (χ2v) is 4.92. The molecule has 3 heteroatoms. The molecule has 0 unspecified atom stereocenters. The van der Waals surface area contributed by atoms with E-state index in [0.29, 0.717) is 11.3 Å². The van der Waals surface area contributed by atoms with Crippen molar-refractivity contribution >= 4 is 11.5 Å². The Bertz CT molecular complexity index is 409. The van der Waals surface area contributed by atoms with E-state index < -0.39 is 0 Å². The van der Waals surface area contributed by atoms with Crippen LogP contribution in [-0.4, -0.2) is 18.9 Å². The first kappa shape index (κ1) is 15.7. The molecule has 0 aliphatic carbocycles. The molecule has 0 heterocycles. The number of anilines is 1. The van der Waals surface area contributed by atoms with Crippen LogP contribution in [0.3, 0.4) is 0 Å². The highest BCUT2D eigenvalue weighted by molar-refractivity contribution is 5.94. The van der Waals surface area contributed by atoms with Crippen molar-refractivity contribution in [2.45, 2.75) is 46.5 Å². The number of hydrogen-bond acceptors (Lipinski definition) is 2. The number of Topliss-reactive ketones (excluding diaryl/α,β-unsaturated/α-hetero) is 1.